The highest BCUT2D eigenvalue weighted by atomic mass is 16.6. The quantitative estimate of drug-likeness (QED) is 0.422. The molecule has 7 heteroatoms. The zero-order chi connectivity index (χ0) is 25.9. The lowest BCUT2D eigenvalue weighted by Gasteiger charge is -2.60. The van der Waals surface area contributed by atoms with Gasteiger partial charge in [-0.1, -0.05) is 26.0 Å². The molecule has 2 heterocycles. The van der Waals surface area contributed by atoms with E-state index >= 15 is 0 Å². The van der Waals surface area contributed by atoms with E-state index < -0.39 is 17.5 Å². The fourth-order valence-electron chi connectivity index (χ4n) is 7.02. The maximum absolute atomic E-state index is 12.7. The predicted octanol–water partition coefficient (Wildman–Crippen LogP) is 3.79. The van der Waals surface area contributed by atoms with Crippen molar-refractivity contribution in [3.05, 3.63) is 53.3 Å². The molecule has 6 atom stereocenters. The van der Waals surface area contributed by atoms with Gasteiger partial charge in [0.2, 0.25) is 0 Å². The number of nitrogens with zero attached hydrogens (tertiary/aromatic N) is 1. The first-order valence-electron chi connectivity index (χ1n) is 12.8. The number of aliphatic hydroxyl groups is 2. The number of ether oxygens (including phenoxy) is 2. The standard InChI is InChI=1S/C29H37NO6/c1-27-11-10-25(33)28(2,16-31)23(27)9-12-29(17-35-29)24(27)8-6-19-14-21(36-26(19)34)13-18-5-7-20(30(3)4)15-22(18)32/h5-8,13-15,23-25,31-33H,9-12,16-17H2,1-4H3/b8-6+,21-13+/t23?,24?,25-,27-,28-,29?/m0/s1. The summed E-state index contributed by atoms with van der Waals surface area (Å²) >= 11 is 0. The number of fused-ring (bicyclic) bond motifs is 1. The number of aliphatic hydroxyl groups excluding tert-OH is 2. The van der Waals surface area contributed by atoms with Gasteiger partial charge in [0.1, 0.15) is 11.5 Å². The smallest absolute Gasteiger partial charge is 0.343 e. The Morgan fingerprint density at radius 2 is 1.94 bits per heavy atom. The van der Waals surface area contributed by atoms with Gasteiger partial charge in [0, 0.05) is 42.7 Å². The van der Waals surface area contributed by atoms with Gasteiger partial charge in [-0.2, -0.15) is 0 Å². The molecule has 2 aliphatic carbocycles. The number of epoxide rings is 1. The second kappa shape index (κ2) is 8.75. The van der Waals surface area contributed by atoms with Crippen LogP contribution in [0.5, 0.6) is 5.75 Å². The summed E-state index contributed by atoms with van der Waals surface area (Å²) in [6.45, 7) is 4.90. The summed E-state index contributed by atoms with van der Waals surface area (Å²) in [6.07, 6.45) is 10.0. The minimum absolute atomic E-state index is 0.0489. The number of phenolic OH excluding ortho intramolecular Hbond substituents is 1. The van der Waals surface area contributed by atoms with Crippen LogP contribution in [0.4, 0.5) is 5.69 Å². The molecule has 0 amide bonds. The topological polar surface area (TPSA) is 103 Å². The zero-order valence-electron chi connectivity index (χ0n) is 21.5. The van der Waals surface area contributed by atoms with Crippen LogP contribution in [0.25, 0.3) is 6.08 Å². The van der Waals surface area contributed by atoms with Gasteiger partial charge >= 0.3 is 5.97 Å². The van der Waals surface area contributed by atoms with Gasteiger partial charge in [-0.15, -0.1) is 0 Å². The zero-order valence-corrected chi connectivity index (χ0v) is 21.5. The Kier molecular flexibility index (Phi) is 6.09. The minimum Gasteiger partial charge on any atom is -0.507 e. The first kappa shape index (κ1) is 25.1. The average molecular weight is 496 g/mol. The number of allylic oxidation sites excluding steroid dienone is 1. The molecule has 194 valence electrons. The molecule has 0 aromatic heterocycles. The van der Waals surface area contributed by atoms with E-state index in [1.165, 1.54) is 0 Å². The summed E-state index contributed by atoms with van der Waals surface area (Å²) in [4.78, 5) is 14.6. The monoisotopic (exact) mass is 495 g/mol. The molecule has 3 fully saturated rings. The lowest BCUT2D eigenvalue weighted by atomic mass is 9.45. The van der Waals surface area contributed by atoms with E-state index in [9.17, 15) is 20.1 Å². The molecule has 1 aromatic carbocycles. The number of cyclic esters (lactones) is 1. The average Bonchev–Trinajstić information content (AvgIpc) is 3.52. The Bertz CT molecular complexity index is 1150. The van der Waals surface area contributed by atoms with Crippen LogP contribution >= 0.6 is 0 Å². The van der Waals surface area contributed by atoms with Gasteiger partial charge < -0.3 is 29.7 Å². The lowest BCUT2D eigenvalue weighted by molar-refractivity contribution is -0.167. The number of esters is 1. The number of phenols is 1. The SMILES string of the molecule is CN(C)c1ccc(/C=C2C=C(/C=C/C3C4(CCC5[C@]3(C)CC[C@H](O)[C@@]5(C)CO)CO4)C(=O)O\2)c(O)c1. The lowest BCUT2D eigenvalue weighted by Crippen LogP contribution is -2.60. The van der Waals surface area contributed by atoms with Crippen LogP contribution < -0.4 is 4.90 Å². The number of carbonyl (C=O) groups excluding carboxylic acids is 1. The number of anilines is 1. The van der Waals surface area contributed by atoms with Crippen molar-refractivity contribution >= 4 is 17.7 Å². The summed E-state index contributed by atoms with van der Waals surface area (Å²) in [5.41, 5.74) is 0.947. The minimum atomic E-state index is -0.554. The predicted molar refractivity (Wildman–Crippen MR) is 137 cm³/mol. The van der Waals surface area contributed by atoms with Gasteiger partial charge in [0.25, 0.3) is 0 Å². The van der Waals surface area contributed by atoms with Crippen LogP contribution in [0, 0.1) is 22.7 Å². The second-order valence-electron chi connectivity index (χ2n) is 11.7. The first-order valence-corrected chi connectivity index (χ1v) is 12.8. The summed E-state index contributed by atoms with van der Waals surface area (Å²) in [5.74, 6) is 0.279. The van der Waals surface area contributed by atoms with Crippen molar-refractivity contribution in [2.24, 2.45) is 22.7 Å². The van der Waals surface area contributed by atoms with E-state index in [0.717, 1.165) is 24.9 Å². The van der Waals surface area contributed by atoms with Crippen molar-refractivity contribution in [1.29, 1.82) is 0 Å². The molecule has 5 rings (SSSR count). The molecule has 1 aromatic rings. The van der Waals surface area contributed by atoms with Crippen LogP contribution in [-0.2, 0) is 14.3 Å². The van der Waals surface area contributed by atoms with Crippen molar-refractivity contribution in [2.45, 2.75) is 51.2 Å². The third-order valence-corrected chi connectivity index (χ3v) is 9.34. The highest BCUT2D eigenvalue weighted by molar-refractivity contribution is 5.96. The third kappa shape index (κ3) is 3.98. The summed E-state index contributed by atoms with van der Waals surface area (Å²) in [5, 5.41) is 31.4. The number of hydrogen-bond acceptors (Lipinski definition) is 7. The van der Waals surface area contributed by atoms with Crippen LogP contribution in [0.1, 0.15) is 45.1 Å². The maximum Gasteiger partial charge on any atom is 0.343 e. The van der Waals surface area contributed by atoms with Gasteiger partial charge in [-0.25, -0.2) is 4.79 Å². The third-order valence-electron chi connectivity index (χ3n) is 9.34. The largest absolute Gasteiger partial charge is 0.507 e. The van der Waals surface area contributed by atoms with Crippen molar-refractivity contribution in [3.63, 3.8) is 0 Å². The van der Waals surface area contributed by atoms with E-state index in [2.05, 4.69) is 13.0 Å². The fourth-order valence-corrected chi connectivity index (χ4v) is 7.02. The van der Waals surface area contributed by atoms with Gasteiger partial charge in [-0.3, -0.25) is 0 Å². The molecule has 0 radical (unpaired) electrons. The molecule has 3 unspecified atom stereocenters. The molecule has 1 spiro atoms. The van der Waals surface area contributed by atoms with E-state index in [-0.39, 0.29) is 35.2 Å². The number of hydrogen-bond donors (Lipinski definition) is 3. The molecule has 7 nitrogen and oxygen atoms in total. The number of aromatic hydroxyl groups is 1. The van der Waals surface area contributed by atoms with Crippen molar-refractivity contribution in [2.75, 3.05) is 32.2 Å². The van der Waals surface area contributed by atoms with Crippen molar-refractivity contribution in [3.8, 4) is 5.75 Å². The first-order chi connectivity index (χ1) is 17.0. The van der Waals surface area contributed by atoms with Crippen LogP contribution in [-0.4, -0.2) is 60.3 Å². The molecule has 4 aliphatic rings. The Labute approximate surface area is 212 Å². The highest BCUT2D eigenvalue weighted by Crippen LogP contribution is 2.65. The van der Waals surface area contributed by atoms with Crippen molar-refractivity contribution < 1.29 is 29.6 Å². The summed E-state index contributed by atoms with van der Waals surface area (Å²) < 4.78 is 11.5. The Balaban J connectivity index is 1.42. The number of rotatable bonds is 5. The molecule has 2 aliphatic heterocycles. The molecule has 2 saturated carbocycles. The Morgan fingerprint density at radius 1 is 1.19 bits per heavy atom. The van der Waals surface area contributed by atoms with Gasteiger partial charge in [0.05, 0.1) is 30.5 Å². The normalized spacial score (nSPS) is 38.8. The number of carbonyl (C=O) groups is 1. The molecule has 0 bridgehead atoms. The molecule has 36 heavy (non-hydrogen) atoms. The Morgan fingerprint density at radius 3 is 2.58 bits per heavy atom. The van der Waals surface area contributed by atoms with Gasteiger partial charge in [0.15, 0.2) is 0 Å². The van der Waals surface area contributed by atoms with E-state index in [1.807, 2.05) is 38.1 Å². The second-order valence-corrected chi connectivity index (χ2v) is 11.7. The van der Waals surface area contributed by atoms with Crippen LogP contribution in [0.3, 0.4) is 0 Å². The molecule has 3 N–H and O–H groups in total. The number of benzene rings is 1. The van der Waals surface area contributed by atoms with Crippen molar-refractivity contribution in [1.82, 2.24) is 0 Å². The summed E-state index contributed by atoms with van der Waals surface area (Å²) in [7, 11) is 3.80. The molecule has 1 saturated heterocycles. The maximum atomic E-state index is 12.7. The van der Waals surface area contributed by atoms with E-state index in [4.69, 9.17) is 9.47 Å². The van der Waals surface area contributed by atoms with Crippen LogP contribution in [0.15, 0.2) is 47.8 Å². The van der Waals surface area contributed by atoms with E-state index in [0.29, 0.717) is 29.9 Å². The molecular weight excluding hydrogens is 458 g/mol. The van der Waals surface area contributed by atoms with Gasteiger partial charge in [-0.05, 0) is 61.3 Å². The highest BCUT2D eigenvalue weighted by Gasteiger charge is 2.66. The Hall–Kier alpha value is -2.61. The summed E-state index contributed by atoms with van der Waals surface area (Å²) in [6, 6.07) is 5.36. The van der Waals surface area contributed by atoms with Crippen LogP contribution in [0.2, 0.25) is 0 Å². The fraction of sp³-hybridized carbons (Fsp3) is 0.552. The van der Waals surface area contributed by atoms with E-state index in [1.54, 1.807) is 24.3 Å². The molecular formula is C29H37NO6.